The summed E-state index contributed by atoms with van der Waals surface area (Å²) in [5, 5.41) is 0. The summed E-state index contributed by atoms with van der Waals surface area (Å²) in [5.74, 6) is -0.562. The molecular formula is C20H26O3S. The van der Waals surface area contributed by atoms with Gasteiger partial charge in [-0.3, -0.25) is 14.4 Å². The van der Waals surface area contributed by atoms with E-state index in [2.05, 4.69) is 19.1 Å². The van der Waals surface area contributed by atoms with Gasteiger partial charge in [-0.2, -0.15) is 0 Å². The molecule has 0 bridgehead atoms. The average Bonchev–Trinajstić information content (AvgIpc) is 2.55. The third kappa shape index (κ3) is 4.79. The second-order valence-corrected chi connectivity index (χ2v) is 7.63. The molecule has 24 heavy (non-hydrogen) atoms. The SMILES string of the molecule is CCCCSc1ccc(C2CC(=O)C(C(=O)CCC)C(=O)C2)cc1. The molecule has 0 saturated heterocycles. The molecule has 0 N–H and O–H groups in total. The summed E-state index contributed by atoms with van der Waals surface area (Å²) in [7, 11) is 0. The fourth-order valence-electron chi connectivity index (χ4n) is 3.13. The topological polar surface area (TPSA) is 51.2 Å². The highest BCUT2D eigenvalue weighted by Crippen LogP contribution is 2.33. The zero-order chi connectivity index (χ0) is 17.5. The monoisotopic (exact) mass is 346 g/mol. The maximum absolute atomic E-state index is 12.3. The third-order valence-electron chi connectivity index (χ3n) is 4.48. The van der Waals surface area contributed by atoms with E-state index < -0.39 is 5.92 Å². The molecule has 3 nitrogen and oxygen atoms in total. The van der Waals surface area contributed by atoms with Gasteiger partial charge < -0.3 is 0 Å². The smallest absolute Gasteiger partial charge is 0.151 e. The van der Waals surface area contributed by atoms with Crippen LogP contribution < -0.4 is 0 Å². The third-order valence-corrected chi connectivity index (χ3v) is 5.57. The van der Waals surface area contributed by atoms with Crippen LogP contribution in [0.4, 0.5) is 0 Å². The summed E-state index contributed by atoms with van der Waals surface area (Å²) in [6.45, 7) is 4.07. The number of carbonyl (C=O) groups is 3. The van der Waals surface area contributed by atoms with E-state index in [0.717, 1.165) is 11.3 Å². The van der Waals surface area contributed by atoms with E-state index in [1.54, 1.807) is 0 Å². The van der Waals surface area contributed by atoms with E-state index in [4.69, 9.17) is 0 Å². The summed E-state index contributed by atoms with van der Waals surface area (Å²) in [4.78, 5) is 37.8. The Morgan fingerprint density at radius 1 is 1.04 bits per heavy atom. The number of hydrogen-bond acceptors (Lipinski definition) is 4. The van der Waals surface area contributed by atoms with Crippen LogP contribution in [0.15, 0.2) is 29.2 Å². The number of Topliss-reactive ketones (excluding diaryl/α,β-unsaturated/α-hetero) is 3. The van der Waals surface area contributed by atoms with Gasteiger partial charge in [0.1, 0.15) is 5.92 Å². The number of unbranched alkanes of at least 4 members (excludes halogenated alkanes) is 1. The quantitative estimate of drug-likeness (QED) is 0.393. The first-order valence-electron chi connectivity index (χ1n) is 8.87. The molecule has 0 aliphatic heterocycles. The Hall–Kier alpha value is -1.42. The molecule has 0 unspecified atom stereocenters. The Labute approximate surface area is 148 Å². The lowest BCUT2D eigenvalue weighted by molar-refractivity contribution is -0.142. The predicted octanol–water partition coefficient (Wildman–Crippen LogP) is 4.58. The summed E-state index contributed by atoms with van der Waals surface area (Å²) >= 11 is 1.83. The highest BCUT2D eigenvalue weighted by atomic mass is 32.2. The Bertz CT molecular complexity index is 573. The molecule has 1 fully saturated rings. The van der Waals surface area contributed by atoms with E-state index in [0.29, 0.717) is 25.7 Å². The minimum absolute atomic E-state index is 0.0784. The molecule has 0 radical (unpaired) electrons. The van der Waals surface area contributed by atoms with Crippen molar-refractivity contribution in [3.63, 3.8) is 0 Å². The number of thioether (sulfide) groups is 1. The Kier molecular flexibility index (Phi) is 7.22. The van der Waals surface area contributed by atoms with Gasteiger partial charge in [-0.25, -0.2) is 0 Å². The standard InChI is InChI=1S/C20H26O3S/c1-3-5-11-24-16-9-7-14(8-10-16)15-12-18(22)20(19(23)13-15)17(21)6-4-2/h7-10,15,20H,3-6,11-13H2,1-2H3. The first-order valence-corrected chi connectivity index (χ1v) is 9.86. The highest BCUT2D eigenvalue weighted by Gasteiger charge is 2.39. The molecule has 1 aromatic rings. The molecule has 130 valence electrons. The summed E-state index contributed by atoms with van der Waals surface area (Å²) in [6, 6.07) is 8.18. The van der Waals surface area contributed by atoms with Crippen LogP contribution in [0.1, 0.15) is 63.9 Å². The van der Waals surface area contributed by atoms with Crippen LogP contribution in [0.2, 0.25) is 0 Å². The summed E-state index contributed by atoms with van der Waals surface area (Å²) in [6.07, 6.45) is 3.98. The van der Waals surface area contributed by atoms with Crippen LogP contribution in [0, 0.1) is 5.92 Å². The maximum atomic E-state index is 12.3. The van der Waals surface area contributed by atoms with E-state index in [-0.39, 0.29) is 23.3 Å². The van der Waals surface area contributed by atoms with Gasteiger partial charge in [0.2, 0.25) is 0 Å². The van der Waals surface area contributed by atoms with Crippen LogP contribution >= 0.6 is 11.8 Å². The molecule has 4 heteroatoms. The van der Waals surface area contributed by atoms with Crippen molar-refractivity contribution in [1.29, 1.82) is 0 Å². The van der Waals surface area contributed by atoms with E-state index in [1.165, 1.54) is 17.7 Å². The second kappa shape index (κ2) is 9.16. The molecule has 1 aliphatic rings. The molecule has 2 rings (SSSR count). The van der Waals surface area contributed by atoms with Crippen molar-refractivity contribution in [3.05, 3.63) is 29.8 Å². The maximum Gasteiger partial charge on any atom is 0.151 e. The van der Waals surface area contributed by atoms with Gasteiger partial charge in [0.15, 0.2) is 17.3 Å². The fraction of sp³-hybridized carbons (Fsp3) is 0.550. The van der Waals surface area contributed by atoms with Crippen molar-refractivity contribution in [2.24, 2.45) is 5.92 Å². The lowest BCUT2D eigenvalue weighted by Crippen LogP contribution is -2.37. The lowest BCUT2D eigenvalue weighted by Gasteiger charge is -2.26. The molecule has 1 aliphatic carbocycles. The van der Waals surface area contributed by atoms with Crippen LogP contribution in [0.25, 0.3) is 0 Å². The average molecular weight is 346 g/mol. The normalized spacial score (nSPS) is 21.1. The van der Waals surface area contributed by atoms with Crippen molar-refractivity contribution < 1.29 is 14.4 Å². The minimum Gasteiger partial charge on any atom is -0.298 e. The van der Waals surface area contributed by atoms with Gasteiger partial charge in [-0.1, -0.05) is 32.4 Å². The van der Waals surface area contributed by atoms with Gasteiger partial charge in [0.05, 0.1) is 0 Å². The van der Waals surface area contributed by atoms with Gasteiger partial charge in [0.25, 0.3) is 0 Å². The first-order chi connectivity index (χ1) is 11.6. The second-order valence-electron chi connectivity index (χ2n) is 6.46. The van der Waals surface area contributed by atoms with E-state index in [9.17, 15) is 14.4 Å². The van der Waals surface area contributed by atoms with Crippen LogP contribution in [-0.4, -0.2) is 23.1 Å². The molecular weight excluding hydrogens is 320 g/mol. The highest BCUT2D eigenvalue weighted by molar-refractivity contribution is 7.99. The molecule has 0 heterocycles. The fourth-order valence-corrected chi connectivity index (χ4v) is 4.13. The van der Waals surface area contributed by atoms with Crippen molar-refractivity contribution in [3.8, 4) is 0 Å². The minimum atomic E-state index is -0.995. The van der Waals surface area contributed by atoms with Crippen molar-refractivity contribution in [1.82, 2.24) is 0 Å². The number of carbonyl (C=O) groups excluding carboxylic acids is 3. The summed E-state index contributed by atoms with van der Waals surface area (Å²) < 4.78 is 0. The molecule has 0 aromatic heterocycles. The van der Waals surface area contributed by atoms with Gasteiger partial charge >= 0.3 is 0 Å². The van der Waals surface area contributed by atoms with Gasteiger partial charge in [0, 0.05) is 24.2 Å². The Morgan fingerprint density at radius 2 is 1.67 bits per heavy atom. The van der Waals surface area contributed by atoms with Crippen LogP contribution in [0.5, 0.6) is 0 Å². The Morgan fingerprint density at radius 3 is 2.21 bits per heavy atom. The Balaban J connectivity index is 2.00. The molecule has 0 spiro atoms. The van der Waals surface area contributed by atoms with E-state index in [1.807, 2.05) is 30.8 Å². The zero-order valence-electron chi connectivity index (χ0n) is 14.5. The largest absolute Gasteiger partial charge is 0.298 e. The van der Waals surface area contributed by atoms with Gasteiger partial charge in [-0.05, 0) is 42.2 Å². The van der Waals surface area contributed by atoms with Crippen LogP contribution in [0.3, 0.4) is 0 Å². The van der Waals surface area contributed by atoms with Crippen molar-refractivity contribution in [2.45, 2.75) is 63.2 Å². The number of hydrogen-bond donors (Lipinski definition) is 0. The number of ketones is 3. The van der Waals surface area contributed by atoms with Crippen molar-refractivity contribution in [2.75, 3.05) is 5.75 Å². The molecule has 0 atom stereocenters. The first kappa shape index (κ1) is 18.9. The van der Waals surface area contributed by atoms with Gasteiger partial charge in [-0.15, -0.1) is 11.8 Å². The predicted molar refractivity (Wildman–Crippen MR) is 97.5 cm³/mol. The molecule has 0 amide bonds. The zero-order valence-corrected chi connectivity index (χ0v) is 15.4. The van der Waals surface area contributed by atoms with Crippen LogP contribution in [-0.2, 0) is 14.4 Å². The molecule has 1 saturated carbocycles. The lowest BCUT2D eigenvalue weighted by atomic mass is 9.75. The number of rotatable bonds is 8. The van der Waals surface area contributed by atoms with Crippen molar-refractivity contribution >= 4 is 29.1 Å². The number of benzene rings is 1. The summed E-state index contributed by atoms with van der Waals surface area (Å²) in [5.41, 5.74) is 1.03. The molecule has 1 aromatic carbocycles. The van der Waals surface area contributed by atoms with E-state index >= 15 is 0 Å².